The van der Waals surface area contributed by atoms with Gasteiger partial charge in [-0.05, 0) is 26.2 Å². The number of rotatable bonds is 9. The highest BCUT2D eigenvalue weighted by atomic mass is 32.2. The number of non-ortho nitro benzene ring substituents is 1. The van der Waals surface area contributed by atoms with Gasteiger partial charge in [0.2, 0.25) is 10.0 Å². The van der Waals surface area contributed by atoms with Gasteiger partial charge in [0.25, 0.3) is 5.69 Å². The van der Waals surface area contributed by atoms with E-state index in [1.165, 1.54) is 24.3 Å². The van der Waals surface area contributed by atoms with Crippen molar-refractivity contribution in [2.24, 2.45) is 0 Å². The molecule has 1 aromatic rings. The van der Waals surface area contributed by atoms with Crippen LogP contribution in [0.25, 0.3) is 0 Å². The van der Waals surface area contributed by atoms with Crippen LogP contribution in [0, 0.1) is 10.1 Å². The summed E-state index contributed by atoms with van der Waals surface area (Å²) in [5.74, 6) is 0. The Kier molecular flexibility index (Phi) is 6.61. The fourth-order valence-electron chi connectivity index (χ4n) is 1.90. The number of hydrogen-bond donors (Lipinski definition) is 1. The molecule has 0 saturated heterocycles. The minimum absolute atomic E-state index is 0.162. The molecule has 0 amide bonds. The maximum absolute atomic E-state index is 12.0. The first kappa shape index (κ1) is 19.0. The Morgan fingerprint density at radius 3 is 2.26 bits per heavy atom. The molecule has 0 aliphatic rings. The van der Waals surface area contributed by atoms with Crippen molar-refractivity contribution in [3.05, 3.63) is 34.4 Å². The van der Waals surface area contributed by atoms with Gasteiger partial charge in [0, 0.05) is 25.2 Å². The molecular formula is C13H20N4O5S. The summed E-state index contributed by atoms with van der Waals surface area (Å²) in [5.41, 5.74) is 0.0120. The molecule has 0 aromatic heterocycles. The number of sulfonamides is 1. The van der Waals surface area contributed by atoms with Gasteiger partial charge in [0.1, 0.15) is 0 Å². The van der Waals surface area contributed by atoms with Crippen molar-refractivity contribution in [3.63, 3.8) is 0 Å². The molecule has 0 fully saturated rings. The zero-order valence-corrected chi connectivity index (χ0v) is 14.0. The third-order valence-corrected chi connectivity index (χ3v) is 4.12. The van der Waals surface area contributed by atoms with Crippen LogP contribution >= 0.6 is 0 Å². The van der Waals surface area contributed by atoms with Crippen LogP contribution in [0.1, 0.15) is 0 Å². The molecule has 1 rings (SSSR count). The number of benzene rings is 1. The monoisotopic (exact) mass is 344 g/mol. The first-order chi connectivity index (χ1) is 10.7. The van der Waals surface area contributed by atoms with E-state index in [4.69, 9.17) is 0 Å². The molecule has 23 heavy (non-hydrogen) atoms. The lowest BCUT2D eigenvalue weighted by atomic mass is 10.3. The van der Waals surface area contributed by atoms with Crippen molar-refractivity contribution in [1.29, 1.82) is 0 Å². The molecule has 0 saturated carbocycles. The standard InChI is InChI=1S/C13H20N4O5S/c1-15(2)9-8-14-13(10-18)16(23(3,21)22)11-4-6-12(7-5-11)17(19)20/h4-7,10,13-14H,8-9H2,1-3H3. The van der Waals surface area contributed by atoms with Crippen molar-refractivity contribution in [2.75, 3.05) is 37.7 Å². The Morgan fingerprint density at radius 2 is 1.87 bits per heavy atom. The largest absolute Gasteiger partial charge is 0.308 e. The SMILES string of the molecule is CN(C)CCNC(C=O)N(c1ccc([N+](=O)[O-])cc1)S(C)(=O)=O. The summed E-state index contributed by atoms with van der Waals surface area (Å²) in [4.78, 5) is 23.3. The van der Waals surface area contributed by atoms with E-state index < -0.39 is 21.1 Å². The lowest BCUT2D eigenvalue weighted by Gasteiger charge is -2.29. The molecule has 1 unspecified atom stereocenters. The number of anilines is 1. The number of carbonyl (C=O) groups excluding carboxylic acids is 1. The van der Waals surface area contributed by atoms with Crippen molar-refractivity contribution in [3.8, 4) is 0 Å². The second kappa shape index (κ2) is 7.99. The average Bonchev–Trinajstić information content (AvgIpc) is 2.44. The van der Waals surface area contributed by atoms with Crippen molar-refractivity contribution in [2.45, 2.75) is 6.17 Å². The van der Waals surface area contributed by atoms with Gasteiger partial charge in [-0.25, -0.2) is 12.7 Å². The predicted octanol–water partition coefficient (Wildman–Crippen LogP) is 0.0370. The van der Waals surface area contributed by atoms with Crippen LogP contribution in [-0.2, 0) is 14.8 Å². The zero-order valence-electron chi connectivity index (χ0n) is 13.2. The van der Waals surface area contributed by atoms with E-state index in [1.807, 2.05) is 19.0 Å². The summed E-state index contributed by atoms with van der Waals surface area (Å²) in [6, 6.07) is 4.97. The highest BCUT2D eigenvalue weighted by Crippen LogP contribution is 2.22. The van der Waals surface area contributed by atoms with Gasteiger partial charge in [-0.15, -0.1) is 0 Å². The van der Waals surface area contributed by atoms with Gasteiger partial charge >= 0.3 is 0 Å². The fraction of sp³-hybridized carbons (Fsp3) is 0.462. The maximum atomic E-state index is 12.0. The molecule has 0 radical (unpaired) electrons. The Morgan fingerprint density at radius 1 is 1.30 bits per heavy atom. The molecule has 0 aliphatic carbocycles. The summed E-state index contributed by atoms with van der Waals surface area (Å²) in [6.45, 7) is 1.01. The van der Waals surface area contributed by atoms with Crippen LogP contribution in [0.4, 0.5) is 11.4 Å². The molecule has 0 spiro atoms. The molecule has 1 aromatic carbocycles. The third kappa shape index (κ3) is 5.58. The van der Waals surface area contributed by atoms with Crippen molar-refractivity contribution < 1.29 is 18.1 Å². The Labute approximate surface area is 135 Å². The van der Waals surface area contributed by atoms with E-state index in [-0.39, 0.29) is 11.4 Å². The van der Waals surface area contributed by atoms with Gasteiger partial charge in [-0.2, -0.15) is 0 Å². The van der Waals surface area contributed by atoms with E-state index in [9.17, 15) is 23.3 Å². The van der Waals surface area contributed by atoms with E-state index in [0.29, 0.717) is 19.4 Å². The number of nitro benzene ring substituents is 1. The number of nitro groups is 1. The predicted molar refractivity (Wildman–Crippen MR) is 86.8 cm³/mol. The third-order valence-electron chi connectivity index (χ3n) is 2.97. The summed E-state index contributed by atoms with van der Waals surface area (Å²) < 4.78 is 25.0. The van der Waals surface area contributed by atoms with Crippen LogP contribution < -0.4 is 9.62 Å². The summed E-state index contributed by atoms with van der Waals surface area (Å²) >= 11 is 0. The van der Waals surface area contributed by atoms with Gasteiger partial charge in [-0.1, -0.05) is 0 Å². The van der Waals surface area contributed by atoms with Crippen molar-refractivity contribution in [1.82, 2.24) is 10.2 Å². The number of likely N-dealkylation sites (N-methyl/N-ethyl adjacent to an activating group) is 1. The molecule has 0 bridgehead atoms. The number of hydrogen-bond acceptors (Lipinski definition) is 7. The second-order valence-electron chi connectivity index (χ2n) is 5.17. The smallest absolute Gasteiger partial charge is 0.269 e. The number of nitrogens with zero attached hydrogens (tertiary/aromatic N) is 3. The van der Waals surface area contributed by atoms with E-state index in [0.717, 1.165) is 10.6 Å². The Hall–Kier alpha value is -2.04. The number of nitrogens with one attached hydrogen (secondary N) is 1. The van der Waals surface area contributed by atoms with E-state index in [2.05, 4.69) is 5.32 Å². The lowest BCUT2D eigenvalue weighted by Crippen LogP contribution is -2.51. The van der Waals surface area contributed by atoms with E-state index in [1.54, 1.807) is 0 Å². The number of aldehydes is 1. The number of carbonyl (C=O) groups is 1. The molecule has 1 atom stereocenters. The minimum Gasteiger partial charge on any atom is -0.308 e. The van der Waals surface area contributed by atoms with Crippen LogP contribution in [-0.4, -0.2) is 64.1 Å². The lowest BCUT2D eigenvalue weighted by molar-refractivity contribution is -0.384. The van der Waals surface area contributed by atoms with Crippen LogP contribution in [0.2, 0.25) is 0 Å². The average molecular weight is 344 g/mol. The molecule has 9 nitrogen and oxygen atoms in total. The van der Waals surface area contributed by atoms with Crippen molar-refractivity contribution >= 4 is 27.7 Å². The second-order valence-corrected chi connectivity index (χ2v) is 7.03. The quantitative estimate of drug-likeness (QED) is 0.291. The molecule has 10 heteroatoms. The van der Waals surface area contributed by atoms with E-state index >= 15 is 0 Å². The topological polar surface area (TPSA) is 113 Å². The van der Waals surface area contributed by atoms with Gasteiger partial charge in [-0.3, -0.25) is 20.2 Å². The van der Waals surface area contributed by atoms with Crippen LogP contribution in [0.3, 0.4) is 0 Å². The fourth-order valence-corrected chi connectivity index (χ4v) is 2.94. The molecular weight excluding hydrogens is 324 g/mol. The highest BCUT2D eigenvalue weighted by molar-refractivity contribution is 7.92. The molecule has 0 aliphatic heterocycles. The highest BCUT2D eigenvalue weighted by Gasteiger charge is 2.26. The summed E-state index contributed by atoms with van der Waals surface area (Å²) in [6.07, 6.45) is 0.364. The first-order valence-corrected chi connectivity index (χ1v) is 8.59. The minimum atomic E-state index is -3.76. The van der Waals surface area contributed by atoms with Crippen LogP contribution in [0.15, 0.2) is 24.3 Å². The maximum Gasteiger partial charge on any atom is 0.269 e. The normalized spacial score (nSPS) is 12.9. The van der Waals surface area contributed by atoms with Gasteiger partial charge in [0.05, 0.1) is 16.9 Å². The van der Waals surface area contributed by atoms with Crippen LogP contribution in [0.5, 0.6) is 0 Å². The molecule has 128 valence electrons. The zero-order chi connectivity index (χ0) is 17.6. The summed E-state index contributed by atoms with van der Waals surface area (Å²) in [7, 11) is -0.0580. The molecule has 1 N–H and O–H groups in total. The van der Waals surface area contributed by atoms with Gasteiger partial charge in [0.15, 0.2) is 12.5 Å². The first-order valence-electron chi connectivity index (χ1n) is 6.74. The Balaban J connectivity index is 3.07. The summed E-state index contributed by atoms with van der Waals surface area (Å²) in [5, 5.41) is 13.5. The van der Waals surface area contributed by atoms with Gasteiger partial charge < -0.3 is 4.90 Å². The Bertz CT molecular complexity index is 645. The molecule has 0 heterocycles.